The number of aromatic nitrogens is 4. The van der Waals surface area contributed by atoms with E-state index in [1.165, 1.54) is 20.5 Å². The topological polar surface area (TPSA) is 96.3 Å². The summed E-state index contributed by atoms with van der Waals surface area (Å²) in [5, 5.41) is 15.0. The molecular weight excluding hydrogens is 323 g/mol. The second-order valence-electron chi connectivity index (χ2n) is 4.87. The van der Waals surface area contributed by atoms with Crippen molar-refractivity contribution in [2.75, 3.05) is 0 Å². The Morgan fingerprint density at radius 2 is 1.08 bits per heavy atom. The Morgan fingerprint density at radius 3 is 1.44 bits per heavy atom. The van der Waals surface area contributed by atoms with Crippen LogP contribution in [0.1, 0.15) is 0 Å². The van der Waals surface area contributed by atoms with Gasteiger partial charge in [0.25, 0.3) is 0 Å². The van der Waals surface area contributed by atoms with Gasteiger partial charge in [-0.05, 0) is 48.5 Å². The molecule has 0 bridgehead atoms. The van der Waals surface area contributed by atoms with Gasteiger partial charge >= 0.3 is 7.69 Å². The van der Waals surface area contributed by atoms with Crippen LogP contribution >= 0.6 is 0 Å². The number of nitrogens with zero attached hydrogens (tertiary/aromatic N) is 4. The molecule has 1 radical (unpaired) electrons. The van der Waals surface area contributed by atoms with E-state index in [0.29, 0.717) is 23.3 Å². The monoisotopic (exact) mass is 333 g/mol. The van der Waals surface area contributed by atoms with Crippen LogP contribution in [-0.2, 0) is 0 Å². The minimum atomic E-state index is 0.452. The Balaban J connectivity index is 1.31. The maximum atomic E-state index is 5.43. The van der Waals surface area contributed by atoms with Gasteiger partial charge in [-0.3, -0.25) is 0 Å². The third-order valence-corrected chi connectivity index (χ3v) is 3.29. The average molecular weight is 333 g/mol. The van der Waals surface area contributed by atoms with Gasteiger partial charge < -0.3 is 18.1 Å². The molecule has 9 heteroatoms. The van der Waals surface area contributed by atoms with Crippen LogP contribution in [0.5, 0.6) is 11.5 Å². The molecule has 0 saturated carbocycles. The van der Waals surface area contributed by atoms with E-state index in [9.17, 15) is 0 Å². The zero-order chi connectivity index (χ0) is 16.9. The highest BCUT2D eigenvalue weighted by Gasteiger charge is 2.07. The molecule has 0 aliphatic rings. The number of benzene rings is 2. The molecule has 0 saturated heterocycles. The van der Waals surface area contributed by atoms with Crippen LogP contribution in [-0.4, -0.2) is 28.1 Å². The minimum Gasteiger partial charge on any atom is -0.526 e. The third kappa shape index (κ3) is 3.50. The van der Waals surface area contributed by atoms with Gasteiger partial charge in [0, 0.05) is 11.1 Å². The molecule has 0 atom stereocenters. The van der Waals surface area contributed by atoms with Crippen molar-refractivity contribution in [3.05, 3.63) is 61.3 Å². The maximum absolute atomic E-state index is 5.43. The molecule has 0 aliphatic heterocycles. The lowest BCUT2D eigenvalue weighted by Gasteiger charge is -2.07. The summed E-state index contributed by atoms with van der Waals surface area (Å²) < 4.78 is 21.1. The van der Waals surface area contributed by atoms with Crippen molar-refractivity contribution in [1.82, 2.24) is 20.4 Å². The SMILES string of the molecule is [B](Oc1ccc(-c2nnco2)cc1)Oc1ccc(-c2nnco2)cc1. The van der Waals surface area contributed by atoms with Crippen molar-refractivity contribution in [2.45, 2.75) is 0 Å². The van der Waals surface area contributed by atoms with Crippen LogP contribution in [0.4, 0.5) is 0 Å². The molecule has 2 aromatic heterocycles. The van der Waals surface area contributed by atoms with Gasteiger partial charge in [-0.15, -0.1) is 20.4 Å². The predicted molar refractivity (Wildman–Crippen MR) is 86.5 cm³/mol. The highest BCUT2D eigenvalue weighted by molar-refractivity contribution is 6.20. The van der Waals surface area contributed by atoms with E-state index in [4.69, 9.17) is 18.1 Å². The standard InChI is InChI=1S/C16H10BN4O4/c1-5-13(6-2-11(1)15-20-18-9-22-15)24-17-25-14-7-3-12(4-8-14)16-21-19-10-23-16/h1-10H. The lowest BCUT2D eigenvalue weighted by Crippen LogP contribution is -2.10. The summed E-state index contributed by atoms with van der Waals surface area (Å²) in [4.78, 5) is 0. The van der Waals surface area contributed by atoms with Gasteiger partial charge in [-0.1, -0.05) is 0 Å². The molecule has 2 aromatic carbocycles. The summed E-state index contributed by atoms with van der Waals surface area (Å²) in [5.74, 6) is 2.14. The fraction of sp³-hybridized carbons (Fsp3) is 0. The van der Waals surface area contributed by atoms with Crippen molar-refractivity contribution in [1.29, 1.82) is 0 Å². The molecule has 0 N–H and O–H groups in total. The molecule has 4 rings (SSSR count). The van der Waals surface area contributed by atoms with E-state index in [2.05, 4.69) is 20.4 Å². The van der Waals surface area contributed by atoms with Crippen molar-refractivity contribution in [2.24, 2.45) is 0 Å². The average Bonchev–Trinajstić information content (AvgIpc) is 3.37. The molecule has 4 aromatic rings. The van der Waals surface area contributed by atoms with Crippen LogP contribution in [0.3, 0.4) is 0 Å². The van der Waals surface area contributed by atoms with Gasteiger partial charge in [0.1, 0.15) is 11.5 Å². The Labute approximate surface area is 142 Å². The van der Waals surface area contributed by atoms with Crippen LogP contribution < -0.4 is 9.31 Å². The molecule has 0 unspecified atom stereocenters. The van der Waals surface area contributed by atoms with Crippen LogP contribution in [0, 0.1) is 0 Å². The van der Waals surface area contributed by atoms with Crippen molar-refractivity contribution >= 4 is 7.69 Å². The summed E-state index contributed by atoms with van der Waals surface area (Å²) in [7, 11) is 1.25. The van der Waals surface area contributed by atoms with Crippen LogP contribution in [0.15, 0.2) is 70.2 Å². The van der Waals surface area contributed by atoms with Gasteiger partial charge in [0.2, 0.25) is 24.6 Å². The van der Waals surface area contributed by atoms with Gasteiger partial charge in [-0.25, -0.2) is 0 Å². The summed E-state index contributed by atoms with van der Waals surface area (Å²) in [5.41, 5.74) is 1.62. The molecule has 8 nitrogen and oxygen atoms in total. The second kappa shape index (κ2) is 6.87. The van der Waals surface area contributed by atoms with E-state index in [-0.39, 0.29) is 0 Å². The fourth-order valence-electron chi connectivity index (χ4n) is 2.09. The highest BCUT2D eigenvalue weighted by Crippen LogP contribution is 2.21. The lowest BCUT2D eigenvalue weighted by molar-refractivity contribution is 0.459. The second-order valence-corrected chi connectivity index (χ2v) is 4.87. The zero-order valence-corrected chi connectivity index (χ0v) is 12.8. The summed E-state index contributed by atoms with van der Waals surface area (Å²) in [6, 6.07) is 14.4. The molecular formula is C16H10BN4O4. The zero-order valence-electron chi connectivity index (χ0n) is 12.8. The molecule has 0 fully saturated rings. The quantitative estimate of drug-likeness (QED) is 0.497. The van der Waals surface area contributed by atoms with Crippen molar-refractivity contribution in [3.8, 4) is 34.4 Å². The molecule has 0 spiro atoms. The molecule has 2 heterocycles. The first kappa shape index (κ1) is 14.9. The van der Waals surface area contributed by atoms with E-state index in [1.807, 2.05) is 24.3 Å². The Bertz CT molecular complexity index is 832. The number of rotatable bonds is 6. The van der Waals surface area contributed by atoms with Gasteiger partial charge in [0.15, 0.2) is 0 Å². The van der Waals surface area contributed by atoms with E-state index in [0.717, 1.165) is 11.1 Å². The Hall–Kier alpha value is -3.62. The first-order valence-electron chi connectivity index (χ1n) is 7.27. The number of hydrogen-bond donors (Lipinski definition) is 0. The normalized spacial score (nSPS) is 10.4. The molecule has 0 aliphatic carbocycles. The number of hydrogen-bond acceptors (Lipinski definition) is 8. The Kier molecular flexibility index (Phi) is 4.11. The van der Waals surface area contributed by atoms with E-state index in [1.54, 1.807) is 24.3 Å². The Morgan fingerprint density at radius 1 is 0.640 bits per heavy atom. The third-order valence-electron chi connectivity index (χ3n) is 3.29. The highest BCUT2D eigenvalue weighted by atomic mass is 16.6. The first-order valence-corrected chi connectivity index (χ1v) is 7.27. The fourth-order valence-corrected chi connectivity index (χ4v) is 2.09. The molecule has 121 valence electrons. The smallest absolute Gasteiger partial charge is 0.526 e. The largest absolute Gasteiger partial charge is 0.658 e. The molecule has 25 heavy (non-hydrogen) atoms. The summed E-state index contributed by atoms with van der Waals surface area (Å²) in [6.45, 7) is 0. The predicted octanol–water partition coefficient (Wildman–Crippen LogP) is 2.78. The van der Waals surface area contributed by atoms with E-state index >= 15 is 0 Å². The van der Waals surface area contributed by atoms with Gasteiger partial charge in [0.05, 0.1) is 0 Å². The van der Waals surface area contributed by atoms with Crippen molar-refractivity contribution < 1.29 is 18.1 Å². The van der Waals surface area contributed by atoms with Gasteiger partial charge in [-0.2, -0.15) is 0 Å². The summed E-state index contributed by atoms with van der Waals surface area (Å²) >= 11 is 0. The van der Waals surface area contributed by atoms with E-state index < -0.39 is 0 Å². The maximum Gasteiger partial charge on any atom is 0.658 e. The van der Waals surface area contributed by atoms with Crippen molar-refractivity contribution in [3.63, 3.8) is 0 Å². The molecule has 0 amide bonds. The summed E-state index contributed by atoms with van der Waals surface area (Å²) in [6.07, 6.45) is 2.57. The minimum absolute atomic E-state index is 0.452. The first-order chi connectivity index (χ1) is 12.4. The lowest BCUT2D eigenvalue weighted by atomic mass is 10.2. The van der Waals surface area contributed by atoms with Crippen LogP contribution in [0.25, 0.3) is 22.9 Å². The van der Waals surface area contributed by atoms with Crippen LogP contribution in [0.2, 0.25) is 0 Å².